The number of anilines is 2. The second-order valence-electron chi connectivity index (χ2n) is 7.95. The minimum absolute atomic E-state index is 0.0865. The van der Waals surface area contributed by atoms with E-state index in [0.717, 1.165) is 12.8 Å². The Bertz CT molecular complexity index is 1120. The van der Waals surface area contributed by atoms with Crippen molar-refractivity contribution in [3.05, 3.63) is 54.1 Å². The second kappa shape index (κ2) is 9.95. The van der Waals surface area contributed by atoms with Gasteiger partial charge in [0.25, 0.3) is 10.0 Å². The molecule has 9 heteroatoms. The van der Waals surface area contributed by atoms with Crippen molar-refractivity contribution < 1.29 is 18.0 Å². The fraction of sp³-hybridized carbons (Fsp3) is 0.348. The lowest BCUT2D eigenvalue weighted by atomic mass is 10.1. The Balaban J connectivity index is 1.78. The molecule has 1 aliphatic rings. The van der Waals surface area contributed by atoms with Crippen LogP contribution < -0.4 is 15.4 Å². The molecule has 1 atom stereocenters. The quantitative estimate of drug-likeness (QED) is 0.563. The van der Waals surface area contributed by atoms with E-state index in [2.05, 4.69) is 20.3 Å². The number of amidine groups is 1. The van der Waals surface area contributed by atoms with E-state index in [0.29, 0.717) is 23.4 Å². The summed E-state index contributed by atoms with van der Waals surface area (Å²) in [6, 6.07) is 12.6. The Labute approximate surface area is 188 Å². The number of amides is 2. The Kier molecular flexibility index (Phi) is 7.29. The van der Waals surface area contributed by atoms with E-state index >= 15 is 0 Å². The summed E-state index contributed by atoms with van der Waals surface area (Å²) in [5.41, 5.74) is 1.67. The molecule has 170 valence electrons. The number of hydrogen-bond acceptors (Lipinski definition) is 5. The number of carbonyl (C=O) groups excluding carboxylic acids is 2. The number of nitrogens with one attached hydrogen (secondary N) is 3. The summed E-state index contributed by atoms with van der Waals surface area (Å²) in [6.45, 7) is 5.63. The molecule has 0 aliphatic carbocycles. The smallest absolute Gasteiger partial charge is 0.263 e. The first kappa shape index (κ1) is 23.5. The molecule has 3 rings (SSSR count). The molecule has 0 saturated heterocycles. The van der Waals surface area contributed by atoms with Gasteiger partial charge in [-0.1, -0.05) is 45.7 Å². The van der Waals surface area contributed by atoms with Gasteiger partial charge in [-0.25, -0.2) is 8.42 Å². The van der Waals surface area contributed by atoms with Gasteiger partial charge in [0.2, 0.25) is 11.8 Å². The van der Waals surface area contributed by atoms with Crippen molar-refractivity contribution in [3.8, 4) is 0 Å². The van der Waals surface area contributed by atoms with E-state index in [9.17, 15) is 18.0 Å². The van der Waals surface area contributed by atoms with Crippen LogP contribution in [0, 0.1) is 5.92 Å². The Morgan fingerprint density at radius 3 is 2.16 bits per heavy atom. The number of fused-ring (bicyclic) bond motifs is 1. The molecule has 0 radical (unpaired) electrons. The van der Waals surface area contributed by atoms with Gasteiger partial charge in [-0.15, -0.1) is 0 Å². The number of nitrogens with zero attached hydrogens (tertiary/aromatic N) is 1. The molecule has 32 heavy (non-hydrogen) atoms. The molecule has 0 fully saturated rings. The zero-order valence-corrected chi connectivity index (χ0v) is 19.2. The van der Waals surface area contributed by atoms with Gasteiger partial charge in [0.1, 0.15) is 11.9 Å². The maximum Gasteiger partial charge on any atom is 0.263 e. The molecule has 1 heterocycles. The molecule has 3 N–H and O–H groups in total. The van der Waals surface area contributed by atoms with Crippen LogP contribution in [-0.4, -0.2) is 32.1 Å². The summed E-state index contributed by atoms with van der Waals surface area (Å²) >= 11 is 0. The van der Waals surface area contributed by atoms with Gasteiger partial charge in [-0.2, -0.15) is 0 Å². The molecule has 8 nitrogen and oxygen atoms in total. The van der Waals surface area contributed by atoms with Crippen LogP contribution in [0.5, 0.6) is 0 Å². The lowest BCUT2D eigenvalue weighted by Gasteiger charge is -2.14. The summed E-state index contributed by atoms with van der Waals surface area (Å²) in [7, 11) is -3.67. The highest BCUT2D eigenvalue weighted by molar-refractivity contribution is 7.90. The molecule has 0 aromatic heterocycles. The van der Waals surface area contributed by atoms with Crippen molar-refractivity contribution in [2.24, 2.45) is 10.9 Å². The molecular formula is C23H28N4O4S. The molecule has 2 aromatic carbocycles. The Morgan fingerprint density at radius 2 is 1.56 bits per heavy atom. The topological polar surface area (TPSA) is 117 Å². The zero-order chi connectivity index (χ0) is 23.3. The molecule has 1 aliphatic heterocycles. The number of sulfonamides is 1. The summed E-state index contributed by atoms with van der Waals surface area (Å²) < 4.78 is 27.2. The summed E-state index contributed by atoms with van der Waals surface area (Å²) in [4.78, 5) is 29.4. The minimum atomic E-state index is -3.67. The average Bonchev–Trinajstić information content (AvgIpc) is 3.02. The van der Waals surface area contributed by atoms with Crippen LogP contribution in [0.15, 0.2) is 58.4 Å². The molecular weight excluding hydrogens is 428 g/mol. The van der Waals surface area contributed by atoms with Crippen molar-refractivity contribution >= 4 is 39.0 Å². The monoisotopic (exact) mass is 456 g/mol. The SMILES string of the molecule is CCCC[C@@H](N=C1NS(=O)(=O)c2ccccc21)C(=O)Nc1ccc(NC(=O)C(C)C)cc1. The van der Waals surface area contributed by atoms with E-state index in [1.807, 2.05) is 20.8 Å². The van der Waals surface area contributed by atoms with Crippen molar-refractivity contribution in [3.63, 3.8) is 0 Å². The van der Waals surface area contributed by atoms with E-state index in [1.54, 1.807) is 42.5 Å². The van der Waals surface area contributed by atoms with Gasteiger partial charge in [0.15, 0.2) is 0 Å². The van der Waals surface area contributed by atoms with Crippen molar-refractivity contribution in [1.29, 1.82) is 0 Å². The van der Waals surface area contributed by atoms with Gasteiger partial charge in [-0.3, -0.25) is 19.3 Å². The normalized spacial score (nSPS) is 16.3. The van der Waals surface area contributed by atoms with Crippen LogP contribution in [-0.2, 0) is 19.6 Å². The minimum Gasteiger partial charge on any atom is -0.326 e. The van der Waals surface area contributed by atoms with Crippen molar-refractivity contribution in [2.75, 3.05) is 10.6 Å². The number of carbonyl (C=O) groups is 2. The molecule has 2 aromatic rings. The molecule has 0 bridgehead atoms. The van der Waals surface area contributed by atoms with Crippen molar-refractivity contribution in [2.45, 2.75) is 51.0 Å². The van der Waals surface area contributed by atoms with Crippen LogP contribution in [0.1, 0.15) is 45.6 Å². The molecule has 2 amide bonds. The molecule has 0 spiro atoms. The highest BCUT2D eigenvalue weighted by Gasteiger charge is 2.31. The summed E-state index contributed by atoms with van der Waals surface area (Å²) in [6.07, 6.45) is 2.13. The van der Waals surface area contributed by atoms with E-state index in [1.165, 1.54) is 6.07 Å². The predicted octanol–water partition coefficient (Wildman–Crippen LogP) is 3.52. The third-order valence-electron chi connectivity index (χ3n) is 5.03. The highest BCUT2D eigenvalue weighted by atomic mass is 32.2. The van der Waals surface area contributed by atoms with Crippen LogP contribution in [0.2, 0.25) is 0 Å². The number of unbranched alkanes of at least 4 members (excludes halogenated alkanes) is 1. The fourth-order valence-electron chi connectivity index (χ4n) is 3.19. The number of aliphatic imine (C=N–C) groups is 1. The Hall–Kier alpha value is -3.20. The molecule has 0 unspecified atom stereocenters. The number of rotatable bonds is 8. The first-order chi connectivity index (χ1) is 15.2. The van der Waals surface area contributed by atoms with Gasteiger partial charge in [0, 0.05) is 22.9 Å². The second-order valence-corrected chi connectivity index (χ2v) is 9.60. The third-order valence-corrected chi connectivity index (χ3v) is 6.42. The number of benzene rings is 2. The van der Waals surface area contributed by atoms with Crippen molar-refractivity contribution in [1.82, 2.24) is 4.72 Å². The van der Waals surface area contributed by atoms with Gasteiger partial charge in [0.05, 0.1) is 4.90 Å². The van der Waals surface area contributed by atoms with E-state index in [4.69, 9.17) is 0 Å². The highest BCUT2D eigenvalue weighted by Crippen LogP contribution is 2.23. The first-order valence-corrected chi connectivity index (χ1v) is 12.1. The number of hydrogen-bond donors (Lipinski definition) is 3. The predicted molar refractivity (Wildman–Crippen MR) is 125 cm³/mol. The Morgan fingerprint density at radius 1 is 0.969 bits per heavy atom. The van der Waals surface area contributed by atoms with Gasteiger partial charge in [-0.05, 0) is 42.8 Å². The zero-order valence-electron chi connectivity index (χ0n) is 18.4. The van der Waals surface area contributed by atoms with Gasteiger partial charge < -0.3 is 10.6 Å². The van der Waals surface area contributed by atoms with Gasteiger partial charge >= 0.3 is 0 Å². The maximum absolute atomic E-state index is 13.0. The largest absolute Gasteiger partial charge is 0.326 e. The van der Waals surface area contributed by atoms with E-state index in [-0.39, 0.29) is 28.5 Å². The first-order valence-electron chi connectivity index (χ1n) is 10.6. The standard InChI is InChI=1S/C23H28N4O4S/c1-4-5-9-19(26-21-18-8-6-7-10-20(18)32(30,31)27-21)23(29)25-17-13-11-16(12-14-17)24-22(28)15(2)3/h6-8,10-15,19H,4-5,9H2,1-3H3,(H,24,28)(H,25,29)(H,26,27)/t19-/m1/s1. The van der Waals surface area contributed by atoms with Crippen LogP contribution >= 0.6 is 0 Å². The average molecular weight is 457 g/mol. The molecule has 0 saturated carbocycles. The van der Waals surface area contributed by atoms with E-state index < -0.39 is 16.1 Å². The fourth-order valence-corrected chi connectivity index (χ4v) is 4.43. The summed E-state index contributed by atoms with van der Waals surface area (Å²) in [5, 5.41) is 5.64. The summed E-state index contributed by atoms with van der Waals surface area (Å²) in [5.74, 6) is -0.361. The van der Waals surface area contributed by atoms with Crippen LogP contribution in [0.25, 0.3) is 0 Å². The lowest BCUT2D eigenvalue weighted by Crippen LogP contribution is -2.30. The maximum atomic E-state index is 13.0. The third kappa shape index (κ3) is 5.53. The van der Waals surface area contributed by atoms with Crippen LogP contribution in [0.3, 0.4) is 0 Å². The van der Waals surface area contributed by atoms with Crippen LogP contribution in [0.4, 0.5) is 11.4 Å². The lowest BCUT2D eigenvalue weighted by molar-refractivity contribution is -0.119.